The van der Waals surface area contributed by atoms with E-state index in [0.717, 1.165) is 17.0 Å². The predicted molar refractivity (Wildman–Crippen MR) is 70.4 cm³/mol. The molecule has 0 fully saturated rings. The van der Waals surface area contributed by atoms with E-state index in [-0.39, 0.29) is 5.91 Å². The number of rotatable bonds is 4. The first-order valence-electron chi connectivity index (χ1n) is 5.53. The standard InChI is InChI=1S/C12H13N3O2S/c1-3-18-12-15-14-11(17-12)9-4-6-10(7-5-9)13-8(2)16/h4-7H,3H2,1-2H3,(H,13,16). The van der Waals surface area contributed by atoms with Crippen molar-refractivity contribution in [2.24, 2.45) is 0 Å². The first-order valence-corrected chi connectivity index (χ1v) is 6.52. The van der Waals surface area contributed by atoms with Gasteiger partial charge >= 0.3 is 0 Å². The van der Waals surface area contributed by atoms with Crippen LogP contribution in [0.15, 0.2) is 33.9 Å². The molecule has 6 heteroatoms. The number of carbonyl (C=O) groups is 1. The van der Waals surface area contributed by atoms with Crippen LogP contribution in [-0.2, 0) is 4.79 Å². The molecule has 94 valence electrons. The Balaban J connectivity index is 2.15. The summed E-state index contributed by atoms with van der Waals surface area (Å²) in [6.07, 6.45) is 0. The first-order chi connectivity index (χ1) is 8.69. The molecular formula is C12H13N3O2S. The van der Waals surface area contributed by atoms with Gasteiger partial charge in [0.1, 0.15) is 0 Å². The zero-order chi connectivity index (χ0) is 13.0. The van der Waals surface area contributed by atoms with E-state index in [1.54, 1.807) is 12.1 Å². The van der Waals surface area contributed by atoms with Crippen molar-refractivity contribution < 1.29 is 9.21 Å². The summed E-state index contributed by atoms with van der Waals surface area (Å²) in [6.45, 7) is 3.50. The van der Waals surface area contributed by atoms with E-state index in [1.165, 1.54) is 18.7 Å². The van der Waals surface area contributed by atoms with Crippen molar-refractivity contribution in [2.45, 2.75) is 19.1 Å². The number of carbonyl (C=O) groups excluding carboxylic acids is 1. The SMILES string of the molecule is CCSc1nnc(-c2ccc(NC(C)=O)cc2)o1. The van der Waals surface area contributed by atoms with Crippen molar-refractivity contribution in [3.05, 3.63) is 24.3 Å². The van der Waals surface area contributed by atoms with Crippen LogP contribution < -0.4 is 5.32 Å². The Bertz CT molecular complexity index is 537. The first kappa shape index (κ1) is 12.6. The molecule has 0 unspecified atom stereocenters. The zero-order valence-corrected chi connectivity index (χ0v) is 11.0. The number of nitrogens with zero attached hydrogens (tertiary/aromatic N) is 2. The van der Waals surface area contributed by atoms with Crippen molar-refractivity contribution in [1.29, 1.82) is 0 Å². The molecule has 1 aromatic carbocycles. The maximum atomic E-state index is 10.9. The van der Waals surface area contributed by atoms with Gasteiger partial charge in [0.2, 0.25) is 11.8 Å². The summed E-state index contributed by atoms with van der Waals surface area (Å²) in [5.74, 6) is 1.28. The third kappa shape index (κ3) is 3.10. The summed E-state index contributed by atoms with van der Waals surface area (Å²) in [5.41, 5.74) is 1.58. The van der Waals surface area contributed by atoms with Gasteiger partial charge in [0.25, 0.3) is 5.22 Å². The second-order valence-corrected chi connectivity index (χ2v) is 4.78. The average molecular weight is 263 g/mol. The lowest BCUT2D eigenvalue weighted by Gasteiger charge is -2.01. The number of amides is 1. The third-order valence-electron chi connectivity index (χ3n) is 2.13. The van der Waals surface area contributed by atoms with E-state index in [1.807, 2.05) is 19.1 Å². The highest BCUT2D eigenvalue weighted by molar-refractivity contribution is 7.99. The molecule has 18 heavy (non-hydrogen) atoms. The van der Waals surface area contributed by atoms with E-state index in [9.17, 15) is 4.79 Å². The maximum Gasteiger partial charge on any atom is 0.276 e. The molecule has 1 heterocycles. The van der Waals surface area contributed by atoms with Crippen LogP contribution in [0.3, 0.4) is 0 Å². The van der Waals surface area contributed by atoms with E-state index in [4.69, 9.17) is 4.42 Å². The molecule has 0 spiro atoms. The quantitative estimate of drug-likeness (QED) is 0.859. The van der Waals surface area contributed by atoms with Crippen molar-refractivity contribution >= 4 is 23.4 Å². The van der Waals surface area contributed by atoms with Gasteiger partial charge in [0.15, 0.2) is 0 Å². The van der Waals surface area contributed by atoms with E-state index < -0.39 is 0 Å². The van der Waals surface area contributed by atoms with Crippen LogP contribution in [0, 0.1) is 0 Å². The van der Waals surface area contributed by atoms with Crippen LogP contribution in [-0.4, -0.2) is 21.9 Å². The monoisotopic (exact) mass is 263 g/mol. The minimum atomic E-state index is -0.0952. The van der Waals surface area contributed by atoms with Gasteiger partial charge in [-0.15, -0.1) is 10.2 Å². The van der Waals surface area contributed by atoms with Crippen molar-refractivity contribution in [2.75, 3.05) is 11.1 Å². The summed E-state index contributed by atoms with van der Waals surface area (Å²) < 4.78 is 5.48. The fraction of sp³-hybridized carbons (Fsp3) is 0.250. The summed E-state index contributed by atoms with van der Waals surface area (Å²) in [6, 6.07) is 7.26. The van der Waals surface area contributed by atoms with Gasteiger partial charge in [0.05, 0.1) is 0 Å². The molecular weight excluding hydrogens is 250 g/mol. The van der Waals surface area contributed by atoms with Crippen molar-refractivity contribution in [3.63, 3.8) is 0 Å². The molecule has 1 amide bonds. The second kappa shape index (κ2) is 5.68. The third-order valence-corrected chi connectivity index (χ3v) is 2.83. The van der Waals surface area contributed by atoms with Gasteiger partial charge < -0.3 is 9.73 Å². The molecule has 0 aliphatic heterocycles. The Morgan fingerprint density at radius 3 is 2.67 bits per heavy atom. The Labute approximate surface area is 109 Å². The Hall–Kier alpha value is -1.82. The summed E-state index contributed by atoms with van der Waals surface area (Å²) in [4.78, 5) is 10.9. The van der Waals surface area contributed by atoms with Gasteiger partial charge in [-0.1, -0.05) is 18.7 Å². The van der Waals surface area contributed by atoms with E-state index >= 15 is 0 Å². The molecule has 1 aromatic heterocycles. The largest absolute Gasteiger partial charge is 0.411 e. The number of nitrogens with one attached hydrogen (secondary N) is 1. The smallest absolute Gasteiger partial charge is 0.276 e. The minimum Gasteiger partial charge on any atom is -0.411 e. The molecule has 0 aliphatic carbocycles. The number of benzene rings is 1. The van der Waals surface area contributed by atoms with Crippen molar-refractivity contribution in [1.82, 2.24) is 10.2 Å². The Morgan fingerprint density at radius 2 is 2.06 bits per heavy atom. The second-order valence-electron chi connectivity index (χ2n) is 3.56. The lowest BCUT2D eigenvalue weighted by Crippen LogP contribution is -2.05. The van der Waals surface area contributed by atoms with Crippen LogP contribution in [0.25, 0.3) is 11.5 Å². The number of hydrogen-bond donors (Lipinski definition) is 1. The molecule has 0 aliphatic rings. The molecule has 0 bridgehead atoms. The fourth-order valence-corrected chi connectivity index (χ4v) is 1.89. The number of thioether (sulfide) groups is 1. The normalized spacial score (nSPS) is 10.3. The number of anilines is 1. The lowest BCUT2D eigenvalue weighted by molar-refractivity contribution is -0.114. The summed E-state index contributed by atoms with van der Waals surface area (Å²) in [5, 5.41) is 11.2. The number of aromatic nitrogens is 2. The van der Waals surface area contributed by atoms with Crippen LogP contribution >= 0.6 is 11.8 Å². The Kier molecular flexibility index (Phi) is 3.99. The van der Waals surface area contributed by atoms with Crippen LogP contribution in [0.2, 0.25) is 0 Å². The van der Waals surface area contributed by atoms with Crippen LogP contribution in [0.1, 0.15) is 13.8 Å². The molecule has 0 atom stereocenters. The summed E-state index contributed by atoms with van der Waals surface area (Å²) >= 11 is 1.51. The van der Waals surface area contributed by atoms with E-state index in [0.29, 0.717) is 11.1 Å². The minimum absolute atomic E-state index is 0.0952. The molecule has 2 aromatic rings. The van der Waals surface area contributed by atoms with Gasteiger partial charge in [-0.2, -0.15) is 0 Å². The highest BCUT2D eigenvalue weighted by Crippen LogP contribution is 2.23. The highest BCUT2D eigenvalue weighted by Gasteiger charge is 2.08. The van der Waals surface area contributed by atoms with Gasteiger partial charge in [-0.05, 0) is 30.0 Å². The van der Waals surface area contributed by atoms with Gasteiger partial charge in [-0.25, -0.2) is 0 Å². The maximum absolute atomic E-state index is 10.9. The van der Waals surface area contributed by atoms with Gasteiger partial charge in [0, 0.05) is 18.2 Å². The average Bonchev–Trinajstić information content (AvgIpc) is 2.78. The fourth-order valence-electron chi connectivity index (χ4n) is 1.41. The molecule has 0 saturated carbocycles. The molecule has 1 N–H and O–H groups in total. The zero-order valence-electron chi connectivity index (χ0n) is 10.1. The number of hydrogen-bond acceptors (Lipinski definition) is 5. The highest BCUT2D eigenvalue weighted by atomic mass is 32.2. The van der Waals surface area contributed by atoms with Crippen LogP contribution in [0.4, 0.5) is 5.69 Å². The lowest BCUT2D eigenvalue weighted by atomic mass is 10.2. The predicted octanol–water partition coefficient (Wildman–Crippen LogP) is 2.81. The molecule has 5 nitrogen and oxygen atoms in total. The van der Waals surface area contributed by atoms with Crippen LogP contribution in [0.5, 0.6) is 0 Å². The topological polar surface area (TPSA) is 68.0 Å². The summed E-state index contributed by atoms with van der Waals surface area (Å²) in [7, 11) is 0. The van der Waals surface area contributed by atoms with E-state index in [2.05, 4.69) is 15.5 Å². The Morgan fingerprint density at radius 1 is 1.33 bits per heavy atom. The molecule has 0 radical (unpaired) electrons. The van der Waals surface area contributed by atoms with Gasteiger partial charge in [-0.3, -0.25) is 4.79 Å². The molecule has 0 saturated heterocycles. The van der Waals surface area contributed by atoms with Crippen molar-refractivity contribution in [3.8, 4) is 11.5 Å². The molecule has 2 rings (SSSR count).